The molecule has 2 aliphatic rings. The SMILES string of the molecule is c1ccc(-c2ccc(N(c3ccc4c(c3)-c3ccccc3C43c4ccc5ccccc5c4Oc4c3ccc3ccccc43)c3ccc4c(c3)c3ccccc3n4-c3ccccc3)cc2)cc1. The highest BCUT2D eigenvalue weighted by atomic mass is 16.5. The molecule has 308 valence electrons. The fourth-order valence-corrected chi connectivity index (χ4v) is 11.4. The molecule has 0 saturated carbocycles. The Morgan fingerprint density at radius 1 is 0.333 bits per heavy atom. The summed E-state index contributed by atoms with van der Waals surface area (Å²) in [7, 11) is 0. The van der Waals surface area contributed by atoms with Crippen molar-refractivity contribution < 1.29 is 4.74 Å². The molecule has 14 rings (SSSR count). The first-order chi connectivity index (χ1) is 32.7. The highest BCUT2D eigenvalue weighted by Gasteiger charge is 2.52. The summed E-state index contributed by atoms with van der Waals surface area (Å²) in [5.41, 5.74) is 15.8. The molecule has 0 N–H and O–H groups in total. The van der Waals surface area contributed by atoms with Gasteiger partial charge in [0.25, 0.3) is 0 Å². The van der Waals surface area contributed by atoms with Crippen molar-refractivity contribution in [3.05, 3.63) is 265 Å². The Morgan fingerprint density at radius 3 is 1.58 bits per heavy atom. The Bertz CT molecular complexity index is 3820. The molecule has 0 bridgehead atoms. The first kappa shape index (κ1) is 36.8. The van der Waals surface area contributed by atoms with Gasteiger partial charge in [0.1, 0.15) is 11.5 Å². The zero-order valence-electron chi connectivity index (χ0n) is 35.9. The minimum Gasteiger partial charge on any atom is -0.455 e. The molecule has 12 aromatic rings. The third kappa shape index (κ3) is 5.20. The maximum atomic E-state index is 7.23. The van der Waals surface area contributed by atoms with E-state index in [2.05, 4.69) is 252 Å². The summed E-state index contributed by atoms with van der Waals surface area (Å²) in [6.45, 7) is 0. The van der Waals surface area contributed by atoms with Crippen molar-refractivity contribution >= 4 is 60.4 Å². The zero-order valence-corrected chi connectivity index (χ0v) is 35.9. The number of hydrogen-bond donors (Lipinski definition) is 0. The molecular weight excluding hydrogens is 801 g/mol. The maximum Gasteiger partial charge on any atom is 0.140 e. The van der Waals surface area contributed by atoms with Gasteiger partial charge >= 0.3 is 0 Å². The third-order valence-corrected chi connectivity index (χ3v) is 14.2. The van der Waals surface area contributed by atoms with Gasteiger partial charge in [-0.1, -0.05) is 182 Å². The van der Waals surface area contributed by atoms with E-state index in [1.165, 1.54) is 55.2 Å². The molecule has 0 saturated heterocycles. The Balaban J connectivity index is 1.02. The van der Waals surface area contributed by atoms with Crippen LogP contribution in [-0.2, 0) is 5.41 Å². The van der Waals surface area contributed by atoms with Gasteiger partial charge in [-0.2, -0.15) is 0 Å². The molecule has 0 unspecified atom stereocenters. The van der Waals surface area contributed by atoms with E-state index in [0.717, 1.165) is 66.9 Å². The van der Waals surface area contributed by atoms with Crippen LogP contribution in [0.2, 0.25) is 0 Å². The van der Waals surface area contributed by atoms with Gasteiger partial charge in [-0.05, 0) is 105 Å². The second-order valence-electron chi connectivity index (χ2n) is 17.6. The molecule has 0 amide bonds. The Labute approximate surface area is 382 Å². The standard InChI is InChI=1S/C63H40N2O/c1-3-15-41(16-4-1)42-27-31-46(32-28-42)64(48-34-38-60-54(40-48)52-24-12-14-26-59(52)65(60)45-19-5-2-6-20-45)47-33-37-56-53(39-47)51-23-11-13-25-55(51)63(56)57-35-29-43-17-7-9-21-49(43)61(57)66-62-50-22-10-8-18-44(50)30-36-58(62)63/h1-40H. The quantitative estimate of drug-likeness (QED) is 0.172. The highest BCUT2D eigenvalue weighted by Crippen LogP contribution is 2.64. The number of para-hydroxylation sites is 2. The number of fused-ring (bicyclic) bond motifs is 16. The molecule has 0 radical (unpaired) electrons. The van der Waals surface area contributed by atoms with Crippen LogP contribution in [0, 0.1) is 0 Å². The fourth-order valence-electron chi connectivity index (χ4n) is 11.4. The van der Waals surface area contributed by atoms with Crippen molar-refractivity contribution in [2.75, 3.05) is 4.90 Å². The first-order valence-corrected chi connectivity index (χ1v) is 22.7. The van der Waals surface area contributed by atoms with Crippen LogP contribution in [0.4, 0.5) is 17.1 Å². The lowest BCUT2D eigenvalue weighted by molar-refractivity contribution is 0.447. The second-order valence-corrected chi connectivity index (χ2v) is 17.6. The van der Waals surface area contributed by atoms with Crippen molar-refractivity contribution in [1.82, 2.24) is 4.57 Å². The maximum absolute atomic E-state index is 7.23. The van der Waals surface area contributed by atoms with Gasteiger partial charge in [0.15, 0.2) is 0 Å². The monoisotopic (exact) mass is 840 g/mol. The number of anilines is 3. The zero-order chi connectivity index (χ0) is 43.3. The number of rotatable bonds is 5. The predicted molar refractivity (Wildman–Crippen MR) is 273 cm³/mol. The van der Waals surface area contributed by atoms with Crippen LogP contribution in [0.25, 0.3) is 71.3 Å². The topological polar surface area (TPSA) is 17.4 Å². The van der Waals surface area contributed by atoms with Gasteiger partial charge in [-0.3, -0.25) is 0 Å². The number of hydrogen-bond acceptors (Lipinski definition) is 2. The molecule has 1 aliphatic heterocycles. The van der Waals surface area contributed by atoms with Gasteiger partial charge in [-0.15, -0.1) is 0 Å². The molecule has 0 fully saturated rings. The smallest absolute Gasteiger partial charge is 0.140 e. The minimum absolute atomic E-state index is 0.623. The van der Waals surface area contributed by atoms with Crippen molar-refractivity contribution in [2.24, 2.45) is 0 Å². The van der Waals surface area contributed by atoms with E-state index < -0.39 is 5.41 Å². The molecule has 1 aromatic heterocycles. The minimum atomic E-state index is -0.623. The van der Waals surface area contributed by atoms with E-state index in [9.17, 15) is 0 Å². The predicted octanol–water partition coefficient (Wildman–Crippen LogP) is 16.7. The van der Waals surface area contributed by atoms with E-state index in [1.807, 2.05) is 0 Å². The number of aromatic nitrogens is 1. The van der Waals surface area contributed by atoms with Crippen molar-refractivity contribution in [3.63, 3.8) is 0 Å². The number of benzene rings is 11. The van der Waals surface area contributed by atoms with E-state index >= 15 is 0 Å². The summed E-state index contributed by atoms with van der Waals surface area (Å²) in [6, 6.07) is 88.7. The van der Waals surface area contributed by atoms with Gasteiger partial charge in [0.05, 0.1) is 16.4 Å². The van der Waals surface area contributed by atoms with Crippen molar-refractivity contribution in [1.29, 1.82) is 0 Å². The summed E-state index contributed by atoms with van der Waals surface area (Å²) < 4.78 is 9.61. The molecule has 1 aliphatic carbocycles. The summed E-state index contributed by atoms with van der Waals surface area (Å²) in [5, 5.41) is 6.98. The normalized spacial score (nSPS) is 13.1. The average Bonchev–Trinajstić information content (AvgIpc) is 3.87. The lowest BCUT2D eigenvalue weighted by Gasteiger charge is -2.40. The molecule has 3 nitrogen and oxygen atoms in total. The Kier molecular flexibility index (Phi) is 7.90. The second kappa shape index (κ2) is 14.2. The summed E-state index contributed by atoms with van der Waals surface area (Å²) in [6.07, 6.45) is 0. The third-order valence-electron chi connectivity index (χ3n) is 14.2. The van der Waals surface area contributed by atoms with Gasteiger partial charge < -0.3 is 14.2 Å². The lowest BCUT2D eigenvalue weighted by Crippen LogP contribution is -2.32. The van der Waals surface area contributed by atoms with Crippen LogP contribution in [-0.4, -0.2) is 4.57 Å². The molecule has 66 heavy (non-hydrogen) atoms. The van der Waals surface area contributed by atoms with Gasteiger partial charge in [0.2, 0.25) is 0 Å². The van der Waals surface area contributed by atoms with Crippen LogP contribution in [0.1, 0.15) is 22.3 Å². The summed E-state index contributed by atoms with van der Waals surface area (Å²) >= 11 is 0. The van der Waals surface area contributed by atoms with Crippen LogP contribution in [0.5, 0.6) is 11.5 Å². The Hall–Kier alpha value is -8.66. The van der Waals surface area contributed by atoms with Crippen molar-refractivity contribution in [3.8, 4) is 39.4 Å². The van der Waals surface area contributed by atoms with Crippen molar-refractivity contribution in [2.45, 2.75) is 5.41 Å². The summed E-state index contributed by atoms with van der Waals surface area (Å²) in [4.78, 5) is 2.43. The first-order valence-electron chi connectivity index (χ1n) is 22.7. The molecule has 0 atom stereocenters. The molecular formula is C63H40N2O. The van der Waals surface area contributed by atoms with E-state index in [0.29, 0.717) is 0 Å². The molecule has 1 spiro atoms. The van der Waals surface area contributed by atoms with E-state index in [1.54, 1.807) is 0 Å². The van der Waals surface area contributed by atoms with Crippen LogP contribution in [0.15, 0.2) is 243 Å². The highest BCUT2D eigenvalue weighted by molar-refractivity contribution is 6.11. The van der Waals surface area contributed by atoms with E-state index in [4.69, 9.17) is 4.74 Å². The fraction of sp³-hybridized carbons (Fsp3) is 0.0159. The van der Waals surface area contributed by atoms with Gasteiger partial charge in [-0.25, -0.2) is 0 Å². The van der Waals surface area contributed by atoms with Crippen LogP contribution < -0.4 is 9.64 Å². The lowest BCUT2D eigenvalue weighted by atomic mass is 9.65. The Morgan fingerprint density at radius 2 is 0.848 bits per heavy atom. The van der Waals surface area contributed by atoms with E-state index in [-0.39, 0.29) is 0 Å². The van der Waals surface area contributed by atoms with Crippen LogP contribution in [0.3, 0.4) is 0 Å². The number of nitrogens with zero attached hydrogens (tertiary/aromatic N) is 2. The largest absolute Gasteiger partial charge is 0.455 e. The number of ether oxygens (including phenoxy) is 1. The van der Waals surface area contributed by atoms with Crippen LogP contribution >= 0.6 is 0 Å². The molecule has 2 heterocycles. The average molecular weight is 841 g/mol. The molecule has 3 heteroatoms. The van der Waals surface area contributed by atoms with Gasteiger partial charge in [0, 0.05) is 55.4 Å². The molecule has 11 aromatic carbocycles. The summed E-state index contributed by atoms with van der Waals surface area (Å²) in [5.74, 6) is 1.85.